The number of rotatable bonds is 6. The molecule has 0 unspecified atom stereocenters. The lowest BCUT2D eigenvalue weighted by atomic mass is 9.74. The molecule has 1 aromatic rings. The number of carbonyl (C=O) groups is 1. The number of piperidine rings is 1. The van der Waals surface area contributed by atoms with E-state index in [4.69, 9.17) is 9.47 Å². The molecule has 0 aromatic carbocycles. The molecular weight excluding hydrogens is 320 g/mol. The topological polar surface area (TPSA) is 76.6 Å². The van der Waals surface area contributed by atoms with E-state index in [1.165, 1.54) is 0 Å². The van der Waals surface area contributed by atoms with Crippen LogP contribution >= 0.6 is 0 Å². The number of carbonyl (C=O) groups excluding carboxylic acids is 1. The first kappa shape index (κ1) is 17.9. The van der Waals surface area contributed by atoms with Gasteiger partial charge in [-0.15, -0.1) is 0 Å². The maximum atomic E-state index is 11.8. The zero-order valence-corrected chi connectivity index (χ0v) is 15.3. The van der Waals surface area contributed by atoms with Crippen molar-refractivity contribution in [3.8, 4) is 5.88 Å². The van der Waals surface area contributed by atoms with E-state index in [-0.39, 0.29) is 23.3 Å². The summed E-state index contributed by atoms with van der Waals surface area (Å²) >= 11 is 0. The molecule has 3 rings (SSSR count). The van der Waals surface area contributed by atoms with Gasteiger partial charge < -0.3 is 19.7 Å². The number of hydrogen-bond acceptors (Lipinski definition) is 6. The van der Waals surface area contributed by atoms with Crippen molar-refractivity contribution in [2.75, 3.05) is 38.3 Å². The van der Waals surface area contributed by atoms with E-state index < -0.39 is 0 Å². The van der Waals surface area contributed by atoms with E-state index in [1.807, 2.05) is 19.9 Å². The van der Waals surface area contributed by atoms with Crippen LogP contribution in [-0.2, 0) is 9.53 Å². The molecule has 1 N–H and O–H groups in total. The fraction of sp³-hybridized carbons (Fsp3) is 0.722. The molecule has 0 spiro atoms. The molecule has 0 bridgehead atoms. The van der Waals surface area contributed by atoms with Gasteiger partial charge in [0, 0.05) is 43.6 Å². The Morgan fingerprint density at radius 1 is 1.52 bits per heavy atom. The number of aromatic nitrogens is 2. The van der Waals surface area contributed by atoms with E-state index >= 15 is 0 Å². The molecule has 2 atom stereocenters. The first-order valence-corrected chi connectivity index (χ1v) is 9.04. The van der Waals surface area contributed by atoms with E-state index in [9.17, 15) is 4.79 Å². The molecule has 0 saturated carbocycles. The van der Waals surface area contributed by atoms with Gasteiger partial charge in [0.05, 0.1) is 13.2 Å². The highest BCUT2D eigenvalue weighted by molar-refractivity contribution is 5.77. The van der Waals surface area contributed by atoms with Crippen LogP contribution < -0.4 is 15.0 Å². The number of nitrogens with zero attached hydrogens (tertiary/aromatic N) is 3. The molecule has 138 valence electrons. The van der Waals surface area contributed by atoms with Crippen molar-refractivity contribution < 1.29 is 14.3 Å². The van der Waals surface area contributed by atoms with Crippen LogP contribution in [0.5, 0.6) is 5.88 Å². The number of ether oxygens (including phenoxy) is 2. The molecule has 2 aliphatic rings. The first-order chi connectivity index (χ1) is 12.0. The van der Waals surface area contributed by atoms with Crippen LogP contribution in [0.3, 0.4) is 0 Å². The fourth-order valence-electron chi connectivity index (χ4n) is 3.86. The SMILES string of the molecule is COc1cc(N2CC[C@H]3OCC[C@@]3(CCNC(=O)C(C)C)C2)ncn1. The second-order valence-electron chi connectivity index (χ2n) is 7.30. The minimum atomic E-state index is 0.0180. The van der Waals surface area contributed by atoms with Crippen molar-refractivity contribution in [2.45, 2.75) is 39.2 Å². The molecular formula is C18H28N4O3. The molecule has 2 aliphatic heterocycles. The van der Waals surface area contributed by atoms with Crippen LogP contribution in [0.1, 0.15) is 33.1 Å². The van der Waals surface area contributed by atoms with E-state index in [1.54, 1.807) is 13.4 Å². The standard InChI is InChI=1S/C18H28N4O3/c1-13(2)17(23)19-7-5-18-6-9-25-14(18)4-8-22(11-18)15-10-16(24-3)21-12-20-15/h10,12-14H,4-9,11H2,1-3H3,(H,19,23)/t14-,18+/m1/s1. The predicted octanol–water partition coefficient (Wildman–Crippen LogP) is 1.63. The summed E-state index contributed by atoms with van der Waals surface area (Å²) < 4.78 is 11.2. The van der Waals surface area contributed by atoms with Crippen LogP contribution in [0.15, 0.2) is 12.4 Å². The third-order valence-electron chi connectivity index (χ3n) is 5.38. The van der Waals surface area contributed by atoms with Crippen molar-refractivity contribution in [3.63, 3.8) is 0 Å². The Morgan fingerprint density at radius 3 is 3.12 bits per heavy atom. The van der Waals surface area contributed by atoms with Gasteiger partial charge >= 0.3 is 0 Å². The van der Waals surface area contributed by atoms with Gasteiger partial charge in [0.1, 0.15) is 12.1 Å². The lowest BCUT2D eigenvalue weighted by Gasteiger charge is -2.44. The summed E-state index contributed by atoms with van der Waals surface area (Å²) in [6.45, 7) is 7.11. The molecule has 0 radical (unpaired) electrons. The Labute approximate surface area is 149 Å². The van der Waals surface area contributed by atoms with Gasteiger partial charge in [-0.1, -0.05) is 13.8 Å². The Kier molecular flexibility index (Phi) is 5.42. The number of hydrogen-bond donors (Lipinski definition) is 1. The van der Waals surface area contributed by atoms with Crippen LogP contribution in [0, 0.1) is 11.3 Å². The summed E-state index contributed by atoms with van der Waals surface area (Å²) in [6.07, 6.45) is 4.73. The molecule has 3 heterocycles. The average molecular weight is 348 g/mol. The Morgan fingerprint density at radius 2 is 2.36 bits per heavy atom. The second kappa shape index (κ2) is 7.56. The van der Waals surface area contributed by atoms with E-state index in [0.717, 1.165) is 44.8 Å². The summed E-state index contributed by atoms with van der Waals surface area (Å²) in [5, 5.41) is 3.05. The predicted molar refractivity (Wildman–Crippen MR) is 94.7 cm³/mol. The minimum Gasteiger partial charge on any atom is -0.481 e. The van der Waals surface area contributed by atoms with Crippen LogP contribution in [0.4, 0.5) is 5.82 Å². The van der Waals surface area contributed by atoms with Crippen molar-refractivity contribution in [3.05, 3.63) is 12.4 Å². The van der Waals surface area contributed by atoms with Crippen molar-refractivity contribution in [1.82, 2.24) is 15.3 Å². The van der Waals surface area contributed by atoms with Crippen molar-refractivity contribution in [1.29, 1.82) is 0 Å². The lowest BCUT2D eigenvalue weighted by Crippen LogP contribution is -2.51. The summed E-state index contributed by atoms with van der Waals surface area (Å²) in [7, 11) is 1.61. The smallest absolute Gasteiger partial charge is 0.222 e. The zero-order valence-electron chi connectivity index (χ0n) is 15.3. The van der Waals surface area contributed by atoms with Gasteiger partial charge in [-0.2, -0.15) is 0 Å². The summed E-state index contributed by atoms with van der Waals surface area (Å²) in [6, 6.07) is 1.88. The highest BCUT2D eigenvalue weighted by atomic mass is 16.5. The van der Waals surface area contributed by atoms with Crippen molar-refractivity contribution >= 4 is 11.7 Å². The number of nitrogens with one attached hydrogen (secondary N) is 1. The first-order valence-electron chi connectivity index (χ1n) is 9.04. The van der Waals surface area contributed by atoms with Crippen LogP contribution in [-0.4, -0.2) is 55.3 Å². The average Bonchev–Trinajstić information content (AvgIpc) is 3.04. The van der Waals surface area contributed by atoms with Gasteiger partial charge in [-0.05, 0) is 19.3 Å². The highest BCUT2D eigenvalue weighted by Crippen LogP contribution is 2.44. The van der Waals surface area contributed by atoms with Gasteiger partial charge in [-0.25, -0.2) is 9.97 Å². The van der Waals surface area contributed by atoms with Gasteiger partial charge in [0.15, 0.2) is 0 Å². The third kappa shape index (κ3) is 3.86. The zero-order chi connectivity index (χ0) is 17.9. The van der Waals surface area contributed by atoms with Gasteiger partial charge in [0.25, 0.3) is 0 Å². The number of anilines is 1. The molecule has 7 nitrogen and oxygen atoms in total. The highest BCUT2D eigenvalue weighted by Gasteiger charge is 2.47. The summed E-state index contributed by atoms with van der Waals surface area (Å²) in [5.41, 5.74) is 0.0701. The molecule has 7 heteroatoms. The van der Waals surface area contributed by atoms with Crippen LogP contribution in [0.25, 0.3) is 0 Å². The van der Waals surface area contributed by atoms with Gasteiger partial charge in [0.2, 0.25) is 11.8 Å². The number of methoxy groups -OCH3 is 1. The normalized spacial score (nSPS) is 25.8. The van der Waals surface area contributed by atoms with E-state index in [0.29, 0.717) is 12.4 Å². The van der Waals surface area contributed by atoms with Gasteiger partial charge in [-0.3, -0.25) is 4.79 Å². The molecule has 0 aliphatic carbocycles. The van der Waals surface area contributed by atoms with E-state index in [2.05, 4.69) is 20.2 Å². The lowest BCUT2D eigenvalue weighted by molar-refractivity contribution is -0.124. The maximum absolute atomic E-state index is 11.8. The molecule has 25 heavy (non-hydrogen) atoms. The quantitative estimate of drug-likeness (QED) is 0.842. The Balaban J connectivity index is 1.69. The summed E-state index contributed by atoms with van der Waals surface area (Å²) in [5.74, 6) is 1.60. The molecule has 2 saturated heterocycles. The van der Waals surface area contributed by atoms with Crippen LogP contribution in [0.2, 0.25) is 0 Å². The maximum Gasteiger partial charge on any atom is 0.222 e. The minimum absolute atomic E-state index is 0.0180. The Bertz CT molecular complexity index is 610. The number of amides is 1. The molecule has 2 fully saturated rings. The fourth-order valence-corrected chi connectivity index (χ4v) is 3.86. The summed E-state index contributed by atoms with van der Waals surface area (Å²) in [4.78, 5) is 22.6. The largest absolute Gasteiger partial charge is 0.481 e. The monoisotopic (exact) mass is 348 g/mol. The second-order valence-corrected chi connectivity index (χ2v) is 7.30. The third-order valence-corrected chi connectivity index (χ3v) is 5.38. The Hall–Kier alpha value is -1.89. The number of fused-ring (bicyclic) bond motifs is 1. The molecule has 1 aromatic heterocycles. The molecule has 1 amide bonds. The van der Waals surface area contributed by atoms with Crippen molar-refractivity contribution in [2.24, 2.45) is 11.3 Å².